The van der Waals surface area contributed by atoms with E-state index >= 15 is 0 Å². The van der Waals surface area contributed by atoms with E-state index in [0.29, 0.717) is 5.56 Å². The number of esters is 2. The van der Waals surface area contributed by atoms with Crippen molar-refractivity contribution in [3.63, 3.8) is 0 Å². The molecule has 7 heteroatoms. The highest BCUT2D eigenvalue weighted by Gasteiger charge is 2.43. The van der Waals surface area contributed by atoms with Gasteiger partial charge in [-0.2, -0.15) is 13.2 Å². The Bertz CT molecular complexity index is 602. The Kier molecular flexibility index (Phi) is 4.41. The Labute approximate surface area is 131 Å². The lowest BCUT2D eigenvalue weighted by molar-refractivity contribution is -0.240. The molecule has 0 aromatic heterocycles. The molecule has 1 atom stereocenters. The molecular weight excluding hydrogens is 313 g/mol. The zero-order valence-corrected chi connectivity index (χ0v) is 12.9. The fourth-order valence-electron chi connectivity index (χ4n) is 2.45. The maximum absolute atomic E-state index is 12.8. The van der Waals surface area contributed by atoms with Crippen LogP contribution in [0.4, 0.5) is 13.2 Å². The summed E-state index contributed by atoms with van der Waals surface area (Å²) in [5.74, 6) is -4.32. The van der Waals surface area contributed by atoms with Gasteiger partial charge in [-0.1, -0.05) is 25.1 Å². The standard InChI is InChI=1S/C16H17F3O4/c1-9(10-5-4-6-11(8-10)16(17,18)19)7-12-13(20)22-15(2,3)23-14(12)21/h4-6,8-9,12H,7H2,1-3H3/t9-/m1/s1. The van der Waals surface area contributed by atoms with Crippen molar-refractivity contribution in [2.24, 2.45) is 5.92 Å². The van der Waals surface area contributed by atoms with Crippen LogP contribution in [0.5, 0.6) is 0 Å². The SMILES string of the molecule is C[C@H](CC1C(=O)OC(C)(C)OC1=O)c1cccc(C(F)(F)F)c1. The normalized spacial score (nSPS) is 19.9. The Morgan fingerprint density at radius 3 is 2.26 bits per heavy atom. The van der Waals surface area contributed by atoms with Crippen LogP contribution in [-0.2, 0) is 25.2 Å². The van der Waals surface area contributed by atoms with Crippen molar-refractivity contribution in [1.82, 2.24) is 0 Å². The second-order valence-electron chi connectivity index (χ2n) is 6.05. The molecule has 4 nitrogen and oxygen atoms in total. The second kappa shape index (κ2) is 5.86. The first-order chi connectivity index (χ1) is 10.5. The molecule has 1 aromatic rings. The van der Waals surface area contributed by atoms with E-state index in [0.717, 1.165) is 12.1 Å². The molecule has 1 saturated heterocycles. The van der Waals surface area contributed by atoms with Gasteiger partial charge in [-0.05, 0) is 24.0 Å². The molecule has 0 bridgehead atoms. The van der Waals surface area contributed by atoms with E-state index in [4.69, 9.17) is 9.47 Å². The lowest BCUT2D eigenvalue weighted by atomic mass is 9.89. The zero-order chi connectivity index (χ0) is 17.4. The molecule has 1 fully saturated rings. The van der Waals surface area contributed by atoms with E-state index in [2.05, 4.69) is 0 Å². The summed E-state index contributed by atoms with van der Waals surface area (Å²) in [5.41, 5.74) is -0.373. The van der Waals surface area contributed by atoms with Crippen LogP contribution in [0, 0.1) is 5.92 Å². The minimum Gasteiger partial charge on any atom is -0.422 e. The molecule has 1 aliphatic rings. The van der Waals surface area contributed by atoms with E-state index in [1.165, 1.54) is 26.0 Å². The third-order valence-electron chi connectivity index (χ3n) is 3.63. The van der Waals surface area contributed by atoms with Gasteiger partial charge in [-0.3, -0.25) is 9.59 Å². The van der Waals surface area contributed by atoms with Gasteiger partial charge in [0.1, 0.15) is 0 Å². The molecule has 0 saturated carbocycles. The molecule has 23 heavy (non-hydrogen) atoms. The number of ether oxygens (including phenoxy) is 2. The van der Waals surface area contributed by atoms with Gasteiger partial charge in [-0.15, -0.1) is 0 Å². The van der Waals surface area contributed by atoms with Crippen LogP contribution in [0.15, 0.2) is 24.3 Å². The van der Waals surface area contributed by atoms with Gasteiger partial charge in [0.25, 0.3) is 5.79 Å². The van der Waals surface area contributed by atoms with Crippen molar-refractivity contribution in [2.45, 2.75) is 45.1 Å². The van der Waals surface area contributed by atoms with Crippen LogP contribution in [0.1, 0.15) is 44.2 Å². The van der Waals surface area contributed by atoms with Crippen molar-refractivity contribution in [2.75, 3.05) is 0 Å². The van der Waals surface area contributed by atoms with Crippen molar-refractivity contribution in [1.29, 1.82) is 0 Å². The Morgan fingerprint density at radius 1 is 1.17 bits per heavy atom. The summed E-state index contributed by atoms with van der Waals surface area (Å²) in [5, 5.41) is 0. The van der Waals surface area contributed by atoms with Gasteiger partial charge in [0.15, 0.2) is 5.92 Å². The Hall–Kier alpha value is -2.05. The number of cyclic esters (lactones) is 2. The minimum atomic E-state index is -4.44. The summed E-state index contributed by atoms with van der Waals surface area (Å²) in [4.78, 5) is 23.8. The predicted octanol–water partition coefficient (Wildman–Crippen LogP) is 3.65. The summed E-state index contributed by atoms with van der Waals surface area (Å²) >= 11 is 0. The summed E-state index contributed by atoms with van der Waals surface area (Å²) in [6.45, 7) is 4.53. The molecule has 1 aromatic carbocycles. The topological polar surface area (TPSA) is 52.6 Å². The fraction of sp³-hybridized carbons (Fsp3) is 0.500. The molecule has 1 aliphatic heterocycles. The van der Waals surface area contributed by atoms with Gasteiger partial charge in [0.2, 0.25) is 0 Å². The van der Waals surface area contributed by atoms with Crippen LogP contribution in [0.2, 0.25) is 0 Å². The van der Waals surface area contributed by atoms with Gasteiger partial charge in [0.05, 0.1) is 5.56 Å². The molecule has 0 amide bonds. The van der Waals surface area contributed by atoms with Gasteiger partial charge < -0.3 is 9.47 Å². The van der Waals surface area contributed by atoms with E-state index in [1.807, 2.05) is 0 Å². The number of halogens is 3. The second-order valence-corrected chi connectivity index (χ2v) is 6.05. The number of alkyl halides is 3. The molecule has 0 spiro atoms. The van der Waals surface area contributed by atoms with Gasteiger partial charge in [0, 0.05) is 13.8 Å². The van der Waals surface area contributed by atoms with Crippen molar-refractivity contribution >= 4 is 11.9 Å². The molecule has 0 unspecified atom stereocenters. The highest BCUT2D eigenvalue weighted by atomic mass is 19.4. The Morgan fingerprint density at radius 2 is 1.74 bits per heavy atom. The smallest absolute Gasteiger partial charge is 0.416 e. The van der Waals surface area contributed by atoms with Crippen LogP contribution < -0.4 is 0 Å². The van der Waals surface area contributed by atoms with Crippen LogP contribution in [-0.4, -0.2) is 17.7 Å². The highest BCUT2D eigenvalue weighted by Crippen LogP contribution is 2.34. The molecular formula is C16H17F3O4. The summed E-state index contributed by atoms with van der Waals surface area (Å²) in [6.07, 6.45) is -4.42. The first kappa shape index (κ1) is 17.3. The van der Waals surface area contributed by atoms with Crippen molar-refractivity contribution in [3.05, 3.63) is 35.4 Å². The predicted molar refractivity (Wildman–Crippen MR) is 74.2 cm³/mol. The van der Waals surface area contributed by atoms with E-state index in [1.54, 1.807) is 6.92 Å². The van der Waals surface area contributed by atoms with Crippen LogP contribution >= 0.6 is 0 Å². The van der Waals surface area contributed by atoms with Crippen molar-refractivity contribution < 1.29 is 32.2 Å². The molecule has 2 rings (SSSR count). The molecule has 0 N–H and O–H groups in total. The molecule has 0 radical (unpaired) electrons. The maximum atomic E-state index is 12.8. The minimum absolute atomic E-state index is 0.0229. The first-order valence-corrected chi connectivity index (χ1v) is 7.12. The third-order valence-corrected chi connectivity index (χ3v) is 3.63. The average molecular weight is 330 g/mol. The van der Waals surface area contributed by atoms with E-state index in [9.17, 15) is 22.8 Å². The highest BCUT2D eigenvalue weighted by molar-refractivity contribution is 5.96. The number of carbonyl (C=O) groups excluding carboxylic acids is 2. The number of carbonyl (C=O) groups is 2. The fourth-order valence-corrected chi connectivity index (χ4v) is 2.45. The molecule has 126 valence electrons. The average Bonchev–Trinajstić information content (AvgIpc) is 2.41. The summed E-state index contributed by atoms with van der Waals surface area (Å²) in [7, 11) is 0. The lowest BCUT2D eigenvalue weighted by Crippen LogP contribution is -2.46. The summed E-state index contributed by atoms with van der Waals surface area (Å²) < 4.78 is 48.3. The number of rotatable bonds is 3. The largest absolute Gasteiger partial charge is 0.422 e. The number of hydrogen-bond donors (Lipinski definition) is 0. The van der Waals surface area contributed by atoms with Gasteiger partial charge >= 0.3 is 18.1 Å². The summed E-state index contributed by atoms with van der Waals surface area (Å²) in [6, 6.07) is 4.83. The molecule has 0 aliphatic carbocycles. The quantitative estimate of drug-likeness (QED) is 0.627. The monoisotopic (exact) mass is 330 g/mol. The van der Waals surface area contributed by atoms with Crippen LogP contribution in [0.3, 0.4) is 0 Å². The number of hydrogen-bond acceptors (Lipinski definition) is 4. The van der Waals surface area contributed by atoms with E-state index in [-0.39, 0.29) is 6.42 Å². The van der Waals surface area contributed by atoms with Crippen molar-refractivity contribution in [3.8, 4) is 0 Å². The molecule has 1 heterocycles. The van der Waals surface area contributed by atoms with E-state index < -0.39 is 41.3 Å². The lowest BCUT2D eigenvalue weighted by Gasteiger charge is -2.33. The maximum Gasteiger partial charge on any atom is 0.416 e. The zero-order valence-electron chi connectivity index (χ0n) is 12.9. The van der Waals surface area contributed by atoms with Crippen LogP contribution in [0.25, 0.3) is 0 Å². The Balaban J connectivity index is 2.15. The first-order valence-electron chi connectivity index (χ1n) is 7.12. The van der Waals surface area contributed by atoms with Gasteiger partial charge in [-0.25, -0.2) is 0 Å². The third kappa shape index (κ3) is 4.03. The number of benzene rings is 1.